The lowest BCUT2D eigenvalue weighted by Crippen LogP contribution is -2.40. The molecule has 23 heteroatoms. The van der Waals surface area contributed by atoms with Gasteiger partial charge in [0.1, 0.15) is 11.9 Å². The van der Waals surface area contributed by atoms with E-state index in [0.29, 0.717) is 85.4 Å². The van der Waals surface area contributed by atoms with Crippen LogP contribution < -0.4 is 26.4 Å². The number of anilines is 3. The maximum Gasteiger partial charge on any atom is 0.490 e. The van der Waals surface area contributed by atoms with Crippen molar-refractivity contribution in [2.45, 2.75) is 57.2 Å². The largest absolute Gasteiger partial charge is 0.506 e. The summed E-state index contributed by atoms with van der Waals surface area (Å²) in [6, 6.07) is 36.4. The molecule has 76 heavy (non-hydrogen) atoms. The highest BCUT2D eigenvalue weighted by molar-refractivity contribution is 6.06. The maximum atomic E-state index is 13.4. The molecule has 1 fully saturated rings. The van der Waals surface area contributed by atoms with Crippen LogP contribution in [0.1, 0.15) is 52.4 Å². The first-order valence-electron chi connectivity index (χ1n) is 23.4. The van der Waals surface area contributed by atoms with Gasteiger partial charge >= 0.3 is 30.4 Å². The highest BCUT2D eigenvalue weighted by Crippen LogP contribution is 2.30. The molecule has 17 nitrogen and oxygen atoms in total. The predicted octanol–water partition coefficient (Wildman–Crippen LogP) is 8.66. The second kappa shape index (κ2) is 26.8. The number of aryl methyl sites for hydroxylation is 1. The van der Waals surface area contributed by atoms with Gasteiger partial charge < -0.3 is 50.6 Å². The van der Waals surface area contributed by atoms with E-state index in [0.717, 1.165) is 22.3 Å². The van der Waals surface area contributed by atoms with Gasteiger partial charge in [0.15, 0.2) is 0 Å². The number of halogens is 6. The van der Waals surface area contributed by atoms with Crippen molar-refractivity contribution in [3.05, 3.63) is 154 Å². The number of hydrogen-bond acceptors (Lipinski definition) is 11. The molecule has 0 saturated carbocycles. The number of aromatic nitrogens is 1. The first-order chi connectivity index (χ1) is 35.9. The summed E-state index contributed by atoms with van der Waals surface area (Å²) in [7, 11) is 1.73. The number of hydrogen-bond donors (Lipinski definition) is 8. The number of H-pyrrole nitrogens is 1. The first-order valence-corrected chi connectivity index (χ1v) is 23.4. The van der Waals surface area contributed by atoms with Gasteiger partial charge in [-0.1, -0.05) is 72.8 Å². The minimum absolute atomic E-state index is 0.0620. The molecule has 1 atom stereocenters. The number of carbonyl (C=O) groups is 5. The average molecular weight is 1070 g/mol. The molecular weight excluding hydrogens is 1010 g/mol. The van der Waals surface area contributed by atoms with Gasteiger partial charge in [-0.2, -0.15) is 26.3 Å². The van der Waals surface area contributed by atoms with Crippen LogP contribution in [-0.4, -0.2) is 118 Å². The third kappa shape index (κ3) is 17.4. The highest BCUT2D eigenvalue weighted by Gasteiger charge is 2.39. The molecule has 2 heterocycles. The van der Waals surface area contributed by atoms with E-state index in [4.69, 9.17) is 24.5 Å². The van der Waals surface area contributed by atoms with Crippen molar-refractivity contribution in [1.82, 2.24) is 15.2 Å². The van der Waals surface area contributed by atoms with Gasteiger partial charge in [-0.05, 0) is 97.4 Å². The van der Waals surface area contributed by atoms with E-state index in [-0.39, 0.29) is 41.3 Å². The minimum Gasteiger partial charge on any atom is -0.506 e. The van der Waals surface area contributed by atoms with Gasteiger partial charge in [0.05, 0.1) is 17.3 Å². The second-order valence-corrected chi connectivity index (χ2v) is 17.2. The molecule has 1 unspecified atom stereocenters. The number of likely N-dealkylation sites (tertiary alicyclic amines) is 1. The van der Waals surface area contributed by atoms with E-state index in [9.17, 15) is 55.7 Å². The van der Waals surface area contributed by atoms with E-state index in [1.54, 1.807) is 36.2 Å². The number of carbonyl (C=O) groups excluding carboxylic acids is 3. The lowest BCUT2D eigenvalue weighted by atomic mass is 10.0. The Labute approximate surface area is 430 Å². The van der Waals surface area contributed by atoms with Crippen molar-refractivity contribution in [1.29, 1.82) is 0 Å². The molecule has 0 bridgehead atoms. The predicted molar refractivity (Wildman–Crippen MR) is 270 cm³/mol. The molecule has 1 saturated heterocycles. The van der Waals surface area contributed by atoms with E-state index < -0.39 is 36.5 Å². The maximum absolute atomic E-state index is 13.4. The lowest BCUT2D eigenvalue weighted by molar-refractivity contribution is -0.193. The number of nitrogens with zero attached hydrogens (tertiary/aromatic N) is 2. The van der Waals surface area contributed by atoms with Crippen LogP contribution in [0.25, 0.3) is 22.0 Å². The fraction of sp³-hybridized carbons (Fsp3) is 0.283. The standard InChI is InChI=1S/C49H52N6O7.2C2HF3O2/c1-32-15-16-35(48(60)51-36-12-8-9-33(29-36)21-25-50-31-44(57)39-17-19-43(56)47-40(39)18-20-45(58)53-47)30-42(32)54(2)46(59)24-28-55-26-22-37(23-27-55)62-49(61)52-41-14-7-6-13-38(41)34-10-4-3-5-11-34;2*3-2(4,5)1(6)7/h3-20,29-30,37,44,50,56-57H,21-28,31H2,1-2H3,(H,51,60)(H,52,61)(H,53,58);2*(H,6,7). The minimum atomic E-state index is -5.08. The van der Waals surface area contributed by atoms with Crippen LogP contribution in [0.2, 0.25) is 0 Å². The fourth-order valence-electron chi connectivity index (χ4n) is 7.81. The number of rotatable bonds is 15. The molecule has 5 aromatic carbocycles. The fourth-order valence-corrected chi connectivity index (χ4v) is 7.81. The van der Waals surface area contributed by atoms with E-state index in [1.165, 1.54) is 12.1 Å². The van der Waals surface area contributed by atoms with Crippen molar-refractivity contribution in [2.24, 2.45) is 0 Å². The van der Waals surface area contributed by atoms with Crippen molar-refractivity contribution in [3.63, 3.8) is 0 Å². The number of piperidine rings is 1. The number of aliphatic hydroxyl groups is 1. The lowest BCUT2D eigenvalue weighted by Gasteiger charge is -2.32. The van der Waals surface area contributed by atoms with Crippen molar-refractivity contribution in [2.75, 3.05) is 55.3 Å². The van der Waals surface area contributed by atoms with Crippen LogP contribution >= 0.6 is 0 Å². The molecule has 0 spiro atoms. The number of phenols is 1. The number of alkyl halides is 6. The zero-order chi connectivity index (χ0) is 55.7. The quantitative estimate of drug-likeness (QED) is 0.0355. The van der Waals surface area contributed by atoms with Crippen molar-refractivity contribution in [3.8, 4) is 16.9 Å². The summed E-state index contributed by atoms with van der Waals surface area (Å²) in [6.45, 7) is 4.69. The summed E-state index contributed by atoms with van der Waals surface area (Å²) in [6.07, 6.45) is -9.46. The number of aliphatic carboxylic acids is 2. The molecule has 1 aliphatic heterocycles. The Hall–Kier alpha value is -8.28. The van der Waals surface area contributed by atoms with Gasteiger partial charge in [0, 0.05) is 73.6 Å². The van der Waals surface area contributed by atoms with Gasteiger partial charge in [-0.3, -0.25) is 19.7 Å². The number of carboxylic acids is 2. The summed E-state index contributed by atoms with van der Waals surface area (Å²) < 4.78 is 69.3. The number of aromatic hydroxyl groups is 1. The van der Waals surface area contributed by atoms with E-state index in [1.807, 2.05) is 91.9 Å². The first kappa shape index (κ1) is 58.6. The average Bonchev–Trinajstić information content (AvgIpc) is 3.38. The van der Waals surface area contributed by atoms with Gasteiger partial charge in [-0.15, -0.1) is 0 Å². The summed E-state index contributed by atoms with van der Waals surface area (Å²) in [5, 5.41) is 45.0. The van der Waals surface area contributed by atoms with Gasteiger partial charge in [-0.25, -0.2) is 14.4 Å². The Bertz CT molecular complexity index is 3010. The molecule has 404 valence electrons. The molecule has 8 N–H and O–H groups in total. The number of pyridine rings is 1. The Morgan fingerprint density at radius 2 is 1.45 bits per heavy atom. The summed E-state index contributed by atoms with van der Waals surface area (Å²) in [5.74, 6) is -5.94. The molecule has 1 aliphatic rings. The highest BCUT2D eigenvalue weighted by atomic mass is 19.4. The van der Waals surface area contributed by atoms with Crippen molar-refractivity contribution < 1.29 is 75.5 Å². The van der Waals surface area contributed by atoms with Crippen LogP contribution in [-0.2, 0) is 25.5 Å². The smallest absolute Gasteiger partial charge is 0.490 e. The zero-order valence-electron chi connectivity index (χ0n) is 40.9. The van der Waals surface area contributed by atoms with Gasteiger partial charge in [0.2, 0.25) is 11.5 Å². The number of nitrogens with one attached hydrogen (secondary N) is 4. The molecule has 3 amide bonds. The van der Waals surface area contributed by atoms with Gasteiger partial charge in [0.25, 0.3) is 5.91 Å². The van der Waals surface area contributed by atoms with Crippen LogP contribution in [0, 0.1) is 6.92 Å². The van der Waals surface area contributed by atoms with E-state index >= 15 is 0 Å². The number of ether oxygens (including phenoxy) is 1. The topological polar surface area (TPSA) is 251 Å². The number of benzene rings is 5. The number of aromatic amines is 1. The zero-order valence-corrected chi connectivity index (χ0v) is 40.9. The monoisotopic (exact) mass is 1060 g/mol. The number of fused-ring (bicyclic) bond motifs is 1. The molecule has 6 aromatic rings. The number of phenolic OH excluding ortho intramolecular Hbond substituents is 1. The third-order valence-corrected chi connectivity index (χ3v) is 11.8. The Morgan fingerprint density at radius 1 is 0.803 bits per heavy atom. The van der Waals surface area contributed by atoms with Crippen LogP contribution in [0.5, 0.6) is 5.75 Å². The molecule has 1 aromatic heterocycles. The molecular formula is C53H54F6N6O11. The third-order valence-electron chi connectivity index (χ3n) is 11.8. The second-order valence-electron chi connectivity index (χ2n) is 17.2. The summed E-state index contributed by atoms with van der Waals surface area (Å²) >= 11 is 0. The van der Waals surface area contributed by atoms with E-state index in [2.05, 4.69) is 25.8 Å². The SMILES string of the molecule is Cc1ccc(C(=O)Nc2cccc(CCNCC(O)c3ccc(O)c4[nH]c(=O)ccc34)c2)cc1N(C)C(=O)CCN1CCC(OC(=O)Nc2ccccc2-c2ccccc2)CC1.O=C(O)C(F)(F)F.O=C(O)C(F)(F)F. The molecule has 0 aliphatic carbocycles. The van der Waals surface area contributed by atoms with Crippen LogP contribution in [0.3, 0.4) is 0 Å². The number of aliphatic hydroxyl groups excluding tert-OH is 1. The van der Waals surface area contributed by atoms with Crippen LogP contribution in [0.4, 0.5) is 48.2 Å². The molecule has 7 rings (SSSR count). The van der Waals surface area contributed by atoms with Crippen LogP contribution in [0.15, 0.2) is 126 Å². The van der Waals surface area contributed by atoms with Crippen molar-refractivity contribution >= 4 is 57.8 Å². The summed E-state index contributed by atoms with van der Waals surface area (Å²) in [4.78, 5) is 75.7. The normalized spacial score (nSPS) is 13.2. The Kier molecular flexibility index (Phi) is 20.7. The number of amides is 3. The number of para-hydroxylation sites is 1. The number of carboxylic acid groups (broad SMARTS) is 2. The summed E-state index contributed by atoms with van der Waals surface area (Å²) in [5.41, 5.74) is 6.71. The Morgan fingerprint density at radius 3 is 2.11 bits per heavy atom. The Balaban J connectivity index is 0.000000671. The molecule has 0 radical (unpaired) electrons.